The van der Waals surface area contributed by atoms with Gasteiger partial charge < -0.3 is 10.5 Å². The molecule has 0 unspecified atom stereocenters. The number of halogens is 1. The maximum Gasteiger partial charge on any atom is 0.235 e. The molecule has 96 valence electrons. The first-order valence-electron chi connectivity index (χ1n) is 5.54. The topological polar surface area (TPSA) is 89.7 Å². The first-order chi connectivity index (χ1) is 9.13. The Morgan fingerprint density at radius 2 is 2.16 bits per heavy atom. The lowest BCUT2D eigenvalue weighted by Crippen LogP contribution is -1.98. The van der Waals surface area contributed by atoms with E-state index in [1.165, 1.54) is 0 Å². The van der Waals surface area contributed by atoms with Crippen LogP contribution in [0.3, 0.4) is 0 Å². The summed E-state index contributed by atoms with van der Waals surface area (Å²) in [6.07, 6.45) is 1.58. The third kappa shape index (κ3) is 2.17. The number of benzene rings is 1. The van der Waals surface area contributed by atoms with Crippen molar-refractivity contribution >= 4 is 28.6 Å². The molecule has 0 spiro atoms. The molecule has 0 amide bonds. The average molecular weight is 276 g/mol. The third-order valence-electron chi connectivity index (χ3n) is 2.59. The quantitative estimate of drug-likeness (QED) is 0.750. The van der Waals surface area contributed by atoms with Crippen LogP contribution in [0.2, 0.25) is 5.02 Å². The highest BCUT2D eigenvalue weighted by molar-refractivity contribution is 6.32. The zero-order chi connectivity index (χ0) is 13.4. The molecule has 0 fully saturated rings. The Kier molecular flexibility index (Phi) is 2.72. The van der Waals surface area contributed by atoms with Crippen LogP contribution < -0.4 is 10.5 Å². The molecule has 0 aliphatic heterocycles. The number of nitrogens with zero attached hydrogens (tertiary/aromatic N) is 3. The second kappa shape index (κ2) is 4.40. The summed E-state index contributed by atoms with van der Waals surface area (Å²) in [6.45, 7) is 1.95. The first-order valence-corrected chi connectivity index (χ1v) is 5.92. The summed E-state index contributed by atoms with van der Waals surface area (Å²) in [5.74, 6) is 0.946. The molecule has 3 N–H and O–H groups in total. The van der Waals surface area contributed by atoms with Crippen molar-refractivity contribution in [1.82, 2.24) is 20.2 Å². The molecular formula is C12H10ClN5O. The van der Waals surface area contributed by atoms with E-state index in [2.05, 4.69) is 20.2 Å². The standard InChI is InChI=1S/C12H10ClN5O/c1-6-2-3-8(13)9(4-6)19-11-7-5-15-18-10(7)16-12(14)17-11/h2-5H,1H3,(H3,14,15,16,17,18). The van der Waals surface area contributed by atoms with E-state index in [4.69, 9.17) is 22.1 Å². The number of H-pyrrole nitrogens is 1. The van der Waals surface area contributed by atoms with Gasteiger partial charge in [-0.25, -0.2) is 0 Å². The molecule has 7 heteroatoms. The number of rotatable bonds is 2. The molecule has 3 rings (SSSR count). The molecular weight excluding hydrogens is 266 g/mol. The molecule has 1 aromatic carbocycles. The number of hydrogen-bond acceptors (Lipinski definition) is 5. The van der Waals surface area contributed by atoms with Crippen LogP contribution in [0.15, 0.2) is 24.4 Å². The molecule has 0 aliphatic rings. The van der Waals surface area contributed by atoms with E-state index in [1.54, 1.807) is 12.3 Å². The second-order valence-corrected chi connectivity index (χ2v) is 4.46. The normalized spacial score (nSPS) is 10.8. The fourth-order valence-corrected chi connectivity index (χ4v) is 1.85. The average Bonchev–Trinajstić information content (AvgIpc) is 2.82. The Bertz CT molecular complexity index is 755. The van der Waals surface area contributed by atoms with Crippen molar-refractivity contribution in [2.45, 2.75) is 6.92 Å². The monoisotopic (exact) mass is 275 g/mol. The number of hydrogen-bond donors (Lipinski definition) is 2. The van der Waals surface area contributed by atoms with Gasteiger partial charge in [-0.2, -0.15) is 15.1 Å². The van der Waals surface area contributed by atoms with Crippen LogP contribution >= 0.6 is 11.6 Å². The second-order valence-electron chi connectivity index (χ2n) is 4.06. The van der Waals surface area contributed by atoms with Gasteiger partial charge in [-0.3, -0.25) is 5.10 Å². The summed E-state index contributed by atoms with van der Waals surface area (Å²) in [7, 11) is 0. The van der Waals surface area contributed by atoms with Gasteiger partial charge in [0.1, 0.15) is 11.1 Å². The lowest BCUT2D eigenvalue weighted by atomic mass is 10.2. The van der Waals surface area contributed by atoms with E-state index in [0.717, 1.165) is 5.56 Å². The minimum Gasteiger partial charge on any atom is -0.436 e. The van der Waals surface area contributed by atoms with Gasteiger partial charge in [-0.1, -0.05) is 17.7 Å². The van der Waals surface area contributed by atoms with Crippen molar-refractivity contribution in [3.63, 3.8) is 0 Å². The smallest absolute Gasteiger partial charge is 0.235 e. The molecule has 0 radical (unpaired) electrons. The number of aromatic nitrogens is 4. The molecule has 2 heterocycles. The Hall–Kier alpha value is -2.34. The van der Waals surface area contributed by atoms with E-state index < -0.39 is 0 Å². The molecule has 19 heavy (non-hydrogen) atoms. The third-order valence-corrected chi connectivity index (χ3v) is 2.90. The number of anilines is 1. The lowest BCUT2D eigenvalue weighted by molar-refractivity contribution is 0.469. The van der Waals surface area contributed by atoms with Gasteiger partial charge in [-0.15, -0.1) is 0 Å². The van der Waals surface area contributed by atoms with Crippen LogP contribution in [0.1, 0.15) is 5.56 Å². The number of ether oxygens (including phenoxy) is 1. The minimum absolute atomic E-state index is 0.107. The van der Waals surface area contributed by atoms with Crippen LogP contribution in [0, 0.1) is 6.92 Å². The first kappa shape index (κ1) is 11.7. The highest BCUT2D eigenvalue weighted by Crippen LogP contribution is 2.32. The van der Waals surface area contributed by atoms with Gasteiger partial charge in [0, 0.05) is 0 Å². The van der Waals surface area contributed by atoms with Crippen molar-refractivity contribution in [2.24, 2.45) is 0 Å². The number of aryl methyl sites for hydroxylation is 1. The van der Waals surface area contributed by atoms with Gasteiger partial charge in [0.05, 0.1) is 11.2 Å². The summed E-state index contributed by atoms with van der Waals surface area (Å²) in [4.78, 5) is 8.08. The molecule has 0 atom stereocenters. The minimum atomic E-state index is 0.107. The van der Waals surface area contributed by atoms with Gasteiger partial charge >= 0.3 is 0 Å². The van der Waals surface area contributed by atoms with E-state index >= 15 is 0 Å². The molecule has 0 saturated heterocycles. The van der Waals surface area contributed by atoms with Crippen LogP contribution in [0.4, 0.5) is 5.95 Å². The summed E-state index contributed by atoms with van der Waals surface area (Å²) < 4.78 is 5.72. The van der Waals surface area contributed by atoms with Crippen LogP contribution in [0.5, 0.6) is 11.6 Å². The Labute approximate surface area is 113 Å². The van der Waals surface area contributed by atoms with Gasteiger partial charge in [0.2, 0.25) is 11.8 Å². The summed E-state index contributed by atoms with van der Waals surface area (Å²) in [6, 6.07) is 5.49. The summed E-state index contributed by atoms with van der Waals surface area (Å²) >= 11 is 6.09. The SMILES string of the molecule is Cc1ccc(Cl)c(Oc2nc(N)nc3[nH]ncc23)c1. The van der Waals surface area contributed by atoms with E-state index in [0.29, 0.717) is 27.7 Å². The van der Waals surface area contributed by atoms with Crippen LogP contribution in [-0.2, 0) is 0 Å². The fraction of sp³-hybridized carbons (Fsp3) is 0.0833. The van der Waals surface area contributed by atoms with E-state index in [1.807, 2.05) is 19.1 Å². The van der Waals surface area contributed by atoms with Gasteiger partial charge in [0.15, 0.2) is 5.65 Å². The van der Waals surface area contributed by atoms with Crippen molar-refractivity contribution in [3.05, 3.63) is 35.0 Å². The summed E-state index contributed by atoms with van der Waals surface area (Å²) in [5.41, 5.74) is 7.17. The molecule has 3 aromatic rings. The van der Waals surface area contributed by atoms with E-state index in [9.17, 15) is 0 Å². The molecule has 0 bridgehead atoms. The highest BCUT2D eigenvalue weighted by atomic mass is 35.5. The largest absolute Gasteiger partial charge is 0.436 e. The van der Waals surface area contributed by atoms with Crippen molar-refractivity contribution in [1.29, 1.82) is 0 Å². The van der Waals surface area contributed by atoms with E-state index in [-0.39, 0.29) is 5.95 Å². The Balaban J connectivity index is 2.10. The maximum absolute atomic E-state index is 6.09. The Morgan fingerprint density at radius 3 is 3.00 bits per heavy atom. The Morgan fingerprint density at radius 1 is 1.32 bits per heavy atom. The number of nitrogen functional groups attached to an aromatic ring is 1. The predicted octanol–water partition coefficient (Wildman–Crippen LogP) is 2.69. The van der Waals surface area contributed by atoms with Gasteiger partial charge in [0.25, 0.3) is 0 Å². The fourth-order valence-electron chi connectivity index (χ4n) is 1.70. The maximum atomic E-state index is 6.09. The van der Waals surface area contributed by atoms with Crippen LogP contribution in [-0.4, -0.2) is 20.2 Å². The zero-order valence-electron chi connectivity index (χ0n) is 10.0. The van der Waals surface area contributed by atoms with Crippen molar-refractivity contribution in [2.75, 3.05) is 5.73 Å². The van der Waals surface area contributed by atoms with Crippen molar-refractivity contribution in [3.8, 4) is 11.6 Å². The summed E-state index contributed by atoms with van der Waals surface area (Å²) in [5, 5.41) is 7.75. The molecule has 2 aromatic heterocycles. The van der Waals surface area contributed by atoms with Crippen LogP contribution in [0.25, 0.3) is 11.0 Å². The molecule has 6 nitrogen and oxygen atoms in total. The highest BCUT2D eigenvalue weighted by Gasteiger charge is 2.12. The number of nitrogens with one attached hydrogen (secondary N) is 1. The number of nitrogens with two attached hydrogens (primary N) is 1. The number of fused-ring (bicyclic) bond motifs is 1. The number of aromatic amines is 1. The predicted molar refractivity (Wildman–Crippen MR) is 72.4 cm³/mol. The lowest BCUT2D eigenvalue weighted by Gasteiger charge is -2.08. The van der Waals surface area contributed by atoms with Gasteiger partial charge in [-0.05, 0) is 24.6 Å². The zero-order valence-corrected chi connectivity index (χ0v) is 10.8. The molecule has 0 aliphatic carbocycles. The van der Waals surface area contributed by atoms with Crippen molar-refractivity contribution < 1.29 is 4.74 Å². The molecule has 0 saturated carbocycles.